The van der Waals surface area contributed by atoms with E-state index in [2.05, 4.69) is 24.3 Å². The maximum Gasteiger partial charge on any atom is 0.0843 e. The Balaban J connectivity index is 1.75. The van der Waals surface area contributed by atoms with E-state index in [0.717, 1.165) is 32.3 Å². The molecule has 20 heavy (non-hydrogen) atoms. The predicted molar refractivity (Wildman–Crippen MR) is 79.6 cm³/mol. The van der Waals surface area contributed by atoms with Gasteiger partial charge in [0.25, 0.3) is 0 Å². The lowest BCUT2D eigenvalue weighted by Crippen LogP contribution is -2.48. The van der Waals surface area contributed by atoms with Gasteiger partial charge in [-0.05, 0) is 36.8 Å². The topological polar surface area (TPSA) is 44.5 Å². The van der Waals surface area contributed by atoms with Crippen LogP contribution >= 0.6 is 0 Å². The summed E-state index contributed by atoms with van der Waals surface area (Å²) in [6, 6.07) is 8.63. The third kappa shape index (κ3) is 2.50. The second kappa shape index (κ2) is 5.84. The number of fused-ring (bicyclic) bond motifs is 1. The summed E-state index contributed by atoms with van der Waals surface area (Å²) in [5.41, 5.74) is 9.11. The lowest BCUT2D eigenvalue weighted by atomic mass is 9.85. The molecular weight excluding hydrogens is 250 g/mol. The number of ether oxygens (including phenoxy) is 2. The first-order valence-corrected chi connectivity index (χ1v) is 7.75. The summed E-state index contributed by atoms with van der Waals surface area (Å²) >= 11 is 0. The Morgan fingerprint density at radius 1 is 1.35 bits per heavy atom. The second-order valence-corrected chi connectivity index (χ2v) is 6.13. The molecule has 1 aromatic carbocycles. The van der Waals surface area contributed by atoms with E-state index in [9.17, 15) is 0 Å². The highest BCUT2D eigenvalue weighted by atomic mass is 16.5. The summed E-state index contributed by atoms with van der Waals surface area (Å²) in [6.45, 7) is 0.800. The van der Waals surface area contributed by atoms with Gasteiger partial charge in [0.05, 0.1) is 18.3 Å². The van der Waals surface area contributed by atoms with Gasteiger partial charge >= 0.3 is 0 Å². The molecule has 1 aliphatic heterocycles. The fourth-order valence-electron chi connectivity index (χ4n) is 3.82. The Morgan fingerprint density at radius 3 is 2.85 bits per heavy atom. The molecule has 0 amide bonds. The minimum atomic E-state index is -0.129. The van der Waals surface area contributed by atoms with Gasteiger partial charge in [-0.2, -0.15) is 0 Å². The average molecular weight is 275 g/mol. The molecule has 0 bridgehead atoms. The molecule has 0 aromatic heterocycles. The van der Waals surface area contributed by atoms with Crippen molar-refractivity contribution in [2.75, 3.05) is 13.7 Å². The van der Waals surface area contributed by atoms with Crippen molar-refractivity contribution in [2.24, 2.45) is 5.73 Å². The molecule has 1 fully saturated rings. The molecule has 1 heterocycles. The molecule has 0 saturated heterocycles. The van der Waals surface area contributed by atoms with Crippen molar-refractivity contribution in [1.82, 2.24) is 0 Å². The molecule has 0 radical (unpaired) electrons. The summed E-state index contributed by atoms with van der Waals surface area (Å²) in [5.74, 6) is 0. The smallest absolute Gasteiger partial charge is 0.0843 e. The van der Waals surface area contributed by atoms with Gasteiger partial charge in [-0.15, -0.1) is 0 Å². The zero-order valence-electron chi connectivity index (χ0n) is 12.3. The number of hydrogen-bond donors (Lipinski definition) is 1. The Hall–Kier alpha value is -0.900. The van der Waals surface area contributed by atoms with Gasteiger partial charge in [0, 0.05) is 13.2 Å². The number of rotatable bonds is 4. The fourth-order valence-corrected chi connectivity index (χ4v) is 3.82. The van der Waals surface area contributed by atoms with E-state index in [1.54, 1.807) is 7.11 Å². The fraction of sp³-hybridized carbons (Fsp3) is 0.647. The van der Waals surface area contributed by atoms with Crippen molar-refractivity contribution in [3.8, 4) is 0 Å². The molecule has 3 heteroatoms. The van der Waals surface area contributed by atoms with Gasteiger partial charge in [0.1, 0.15) is 0 Å². The van der Waals surface area contributed by atoms with E-state index >= 15 is 0 Å². The van der Waals surface area contributed by atoms with Gasteiger partial charge in [0.15, 0.2) is 0 Å². The largest absolute Gasteiger partial charge is 0.377 e. The van der Waals surface area contributed by atoms with E-state index in [1.807, 2.05) is 0 Å². The first kappa shape index (κ1) is 14.1. The zero-order chi connectivity index (χ0) is 14.0. The molecular formula is C17H25NO2. The van der Waals surface area contributed by atoms with Gasteiger partial charge in [-0.3, -0.25) is 0 Å². The van der Waals surface area contributed by atoms with Crippen LogP contribution in [0.2, 0.25) is 0 Å². The minimum absolute atomic E-state index is 0.0474. The van der Waals surface area contributed by atoms with Gasteiger partial charge < -0.3 is 15.2 Å². The monoisotopic (exact) mass is 275 g/mol. The van der Waals surface area contributed by atoms with E-state index < -0.39 is 0 Å². The molecule has 1 aliphatic carbocycles. The molecule has 1 aromatic rings. The van der Waals surface area contributed by atoms with Crippen molar-refractivity contribution in [3.63, 3.8) is 0 Å². The SMILES string of the molecule is COC1(C(N)CC2OCCc3ccccc32)CCCC1. The molecule has 2 aliphatic rings. The van der Waals surface area contributed by atoms with Gasteiger partial charge in [-0.1, -0.05) is 37.1 Å². The lowest BCUT2D eigenvalue weighted by Gasteiger charge is -2.37. The van der Waals surface area contributed by atoms with Crippen LogP contribution in [0, 0.1) is 0 Å². The highest BCUT2D eigenvalue weighted by molar-refractivity contribution is 5.31. The number of methoxy groups -OCH3 is 1. The predicted octanol–water partition coefficient (Wildman–Crippen LogP) is 2.98. The van der Waals surface area contributed by atoms with Crippen LogP contribution in [0.4, 0.5) is 0 Å². The van der Waals surface area contributed by atoms with Crippen LogP contribution in [0.3, 0.4) is 0 Å². The maximum atomic E-state index is 6.51. The Morgan fingerprint density at radius 2 is 2.10 bits per heavy atom. The maximum absolute atomic E-state index is 6.51. The minimum Gasteiger partial charge on any atom is -0.377 e. The van der Waals surface area contributed by atoms with E-state index in [-0.39, 0.29) is 17.7 Å². The summed E-state index contributed by atoms with van der Waals surface area (Å²) in [5, 5.41) is 0. The average Bonchev–Trinajstić information content (AvgIpc) is 2.98. The van der Waals surface area contributed by atoms with Crippen LogP contribution in [0.1, 0.15) is 49.3 Å². The Kier molecular flexibility index (Phi) is 4.11. The van der Waals surface area contributed by atoms with Crippen molar-refractivity contribution in [3.05, 3.63) is 35.4 Å². The molecule has 1 saturated carbocycles. The quantitative estimate of drug-likeness (QED) is 0.918. The van der Waals surface area contributed by atoms with Crippen molar-refractivity contribution in [1.29, 1.82) is 0 Å². The standard InChI is InChI=1S/C17H25NO2/c1-19-17(9-4-5-10-17)16(18)12-15-14-7-3-2-6-13(14)8-11-20-15/h2-3,6-7,15-16H,4-5,8-12,18H2,1H3. The number of hydrogen-bond acceptors (Lipinski definition) is 3. The van der Waals surface area contributed by atoms with Crippen LogP contribution in [-0.2, 0) is 15.9 Å². The highest BCUT2D eigenvalue weighted by Gasteiger charge is 2.41. The van der Waals surface area contributed by atoms with Crippen molar-refractivity contribution >= 4 is 0 Å². The molecule has 0 spiro atoms. The third-order valence-corrected chi connectivity index (χ3v) is 5.09. The first-order chi connectivity index (χ1) is 9.75. The number of nitrogens with two attached hydrogens (primary N) is 1. The summed E-state index contributed by atoms with van der Waals surface area (Å²) in [4.78, 5) is 0. The highest BCUT2D eigenvalue weighted by Crippen LogP contribution is 2.39. The number of benzene rings is 1. The lowest BCUT2D eigenvalue weighted by molar-refractivity contribution is -0.0486. The van der Waals surface area contributed by atoms with Crippen LogP contribution in [0.25, 0.3) is 0 Å². The van der Waals surface area contributed by atoms with Crippen LogP contribution in [0.15, 0.2) is 24.3 Å². The Bertz CT molecular complexity index is 454. The molecule has 110 valence electrons. The zero-order valence-corrected chi connectivity index (χ0v) is 12.3. The second-order valence-electron chi connectivity index (χ2n) is 6.13. The normalized spacial score (nSPS) is 26.2. The van der Waals surface area contributed by atoms with Gasteiger partial charge in [0.2, 0.25) is 0 Å². The third-order valence-electron chi connectivity index (χ3n) is 5.09. The summed E-state index contributed by atoms with van der Waals surface area (Å²) in [7, 11) is 1.81. The van der Waals surface area contributed by atoms with Crippen LogP contribution in [0.5, 0.6) is 0 Å². The summed E-state index contributed by atoms with van der Waals surface area (Å²) < 4.78 is 11.8. The molecule has 3 nitrogen and oxygen atoms in total. The van der Waals surface area contributed by atoms with Crippen LogP contribution < -0.4 is 5.73 Å². The van der Waals surface area contributed by atoms with E-state index in [0.29, 0.717) is 0 Å². The van der Waals surface area contributed by atoms with Crippen molar-refractivity contribution < 1.29 is 9.47 Å². The Labute approximate surface area is 121 Å². The first-order valence-electron chi connectivity index (χ1n) is 7.75. The molecule has 2 atom stereocenters. The molecule has 3 rings (SSSR count). The molecule has 2 N–H and O–H groups in total. The molecule has 2 unspecified atom stereocenters. The summed E-state index contributed by atoms with van der Waals surface area (Å²) in [6.07, 6.45) is 6.61. The van der Waals surface area contributed by atoms with Gasteiger partial charge in [-0.25, -0.2) is 0 Å². The van der Waals surface area contributed by atoms with Crippen molar-refractivity contribution in [2.45, 2.75) is 56.3 Å². The van der Waals surface area contributed by atoms with E-state index in [1.165, 1.54) is 24.0 Å². The van der Waals surface area contributed by atoms with E-state index in [4.69, 9.17) is 15.2 Å². The van der Waals surface area contributed by atoms with Crippen LogP contribution in [-0.4, -0.2) is 25.4 Å².